The van der Waals surface area contributed by atoms with Crippen LogP contribution >= 0.6 is 0 Å². The molecule has 19 heavy (non-hydrogen) atoms. The van der Waals surface area contributed by atoms with Gasteiger partial charge in [-0.05, 0) is 31.0 Å². The number of nitrogens with two attached hydrogens (primary N) is 1. The highest BCUT2D eigenvalue weighted by molar-refractivity contribution is 5.95. The van der Waals surface area contributed by atoms with Crippen LogP contribution in [-0.2, 0) is 0 Å². The summed E-state index contributed by atoms with van der Waals surface area (Å²) in [6.45, 7) is 1.75. The summed E-state index contributed by atoms with van der Waals surface area (Å²) in [7, 11) is 0. The van der Waals surface area contributed by atoms with Gasteiger partial charge >= 0.3 is 12.1 Å². The van der Waals surface area contributed by atoms with Gasteiger partial charge in [-0.25, -0.2) is 4.79 Å². The minimum Gasteiger partial charge on any atom is -0.478 e. The van der Waals surface area contributed by atoms with E-state index in [1.165, 1.54) is 6.07 Å². The molecule has 0 bridgehead atoms. The van der Waals surface area contributed by atoms with Gasteiger partial charge in [-0.1, -0.05) is 0 Å². The molecule has 0 atom stereocenters. The number of hydrogen-bond donors (Lipinski definition) is 3. The van der Waals surface area contributed by atoms with E-state index in [1.807, 2.05) is 0 Å². The van der Waals surface area contributed by atoms with Crippen LogP contribution in [0.25, 0.3) is 0 Å². The molecule has 4 N–H and O–H groups in total. The Kier molecular flexibility index (Phi) is 4.63. The van der Waals surface area contributed by atoms with Crippen molar-refractivity contribution >= 4 is 17.3 Å². The van der Waals surface area contributed by atoms with Crippen molar-refractivity contribution in [1.29, 1.82) is 0 Å². The van der Waals surface area contributed by atoms with Gasteiger partial charge in [0.25, 0.3) is 0 Å². The van der Waals surface area contributed by atoms with Gasteiger partial charge < -0.3 is 16.2 Å². The fourth-order valence-electron chi connectivity index (χ4n) is 1.60. The maximum atomic E-state index is 11.9. The number of anilines is 2. The summed E-state index contributed by atoms with van der Waals surface area (Å²) in [5.74, 6) is -1.17. The molecule has 0 fully saturated rings. The van der Waals surface area contributed by atoms with Gasteiger partial charge in [-0.3, -0.25) is 0 Å². The van der Waals surface area contributed by atoms with Crippen LogP contribution in [0.3, 0.4) is 0 Å². The summed E-state index contributed by atoms with van der Waals surface area (Å²) >= 11 is 0. The van der Waals surface area contributed by atoms with Crippen LogP contribution in [0.1, 0.15) is 28.8 Å². The molecule has 0 heterocycles. The number of hydrogen-bond acceptors (Lipinski definition) is 3. The Morgan fingerprint density at radius 2 is 2.05 bits per heavy atom. The van der Waals surface area contributed by atoms with Crippen molar-refractivity contribution in [1.82, 2.24) is 0 Å². The van der Waals surface area contributed by atoms with E-state index in [0.29, 0.717) is 11.3 Å². The molecule has 0 amide bonds. The zero-order valence-electron chi connectivity index (χ0n) is 10.3. The van der Waals surface area contributed by atoms with Crippen molar-refractivity contribution in [3.8, 4) is 0 Å². The molecular formula is C12H15F3N2O2. The Hall–Kier alpha value is -1.92. The van der Waals surface area contributed by atoms with E-state index in [2.05, 4.69) is 5.32 Å². The summed E-state index contributed by atoms with van der Waals surface area (Å²) < 4.78 is 35.8. The van der Waals surface area contributed by atoms with E-state index in [9.17, 15) is 18.0 Å². The van der Waals surface area contributed by atoms with E-state index in [-0.39, 0.29) is 24.2 Å². The van der Waals surface area contributed by atoms with Crippen molar-refractivity contribution in [3.05, 3.63) is 23.3 Å². The number of nitrogen functional groups attached to an aromatic ring is 1. The highest BCUT2D eigenvalue weighted by atomic mass is 19.4. The molecule has 0 saturated heterocycles. The van der Waals surface area contributed by atoms with E-state index in [0.717, 1.165) is 0 Å². The topological polar surface area (TPSA) is 75.3 Å². The molecule has 0 aliphatic heterocycles. The van der Waals surface area contributed by atoms with Crippen LogP contribution in [0.15, 0.2) is 12.1 Å². The smallest absolute Gasteiger partial charge is 0.389 e. The van der Waals surface area contributed by atoms with Gasteiger partial charge in [0.2, 0.25) is 0 Å². The maximum absolute atomic E-state index is 11.9. The average Bonchev–Trinajstić information content (AvgIpc) is 2.27. The number of carboxylic acid groups (broad SMARTS) is 1. The predicted molar refractivity (Wildman–Crippen MR) is 66.3 cm³/mol. The van der Waals surface area contributed by atoms with Crippen LogP contribution in [0.2, 0.25) is 0 Å². The molecule has 0 spiro atoms. The van der Waals surface area contributed by atoms with Crippen LogP contribution in [0.4, 0.5) is 24.5 Å². The Morgan fingerprint density at radius 1 is 1.42 bits per heavy atom. The number of halogens is 3. The lowest BCUT2D eigenvalue weighted by Gasteiger charge is -2.12. The van der Waals surface area contributed by atoms with E-state index in [1.54, 1.807) is 13.0 Å². The Morgan fingerprint density at radius 3 is 2.58 bits per heavy atom. The number of carbonyl (C=O) groups is 1. The molecule has 7 heteroatoms. The van der Waals surface area contributed by atoms with Crippen molar-refractivity contribution in [2.75, 3.05) is 17.6 Å². The molecule has 4 nitrogen and oxygen atoms in total. The Balaban J connectivity index is 2.67. The van der Waals surface area contributed by atoms with Crippen molar-refractivity contribution < 1.29 is 23.1 Å². The highest BCUT2D eigenvalue weighted by Crippen LogP contribution is 2.24. The fourth-order valence-corrected chi connectivity index (χ4v) is 1.60. The second-order valence-corrected chi connectivity index (χ2v) is 4.21. The molecule has 1 aromatic rings. The molecule has 0 unspecified atom stereocenters. The van der Waals surface area contributed by atoms with Crippen LogP contribution in [0.5, 0.6) is 0 Å². The molecule has 106 valence electrons. The first-order chi connectivity index (χ1) is 8.70. The van der Waals surface area contributed by atoms with E-state index in [4.69, 9.17) is 10.8 Å². The summed E-state index contributed by atoms with van der Waals surface area (Å²) in [6.07, 6.45) is -5.12. The zero-order valence-corrected chi connectivity index (χ0v) is 10.3. The highest BCUT2D eigenvalue weighted by Gasteiger charge is 2.25. The van der Waals surface area contributed by atoms with E-state index < -0.39 is 18.6 Å². The van der Waals surface area contributed by atoms with Crippen molar-refractivity contribution in [3.63, 3.8) is 0 Å². The molecule has 0 radical (unpaired) electrons. The molecule has 1 aromatic carbocycles. The number of aromatic carboxylic acids is 1. The summed E-state index contributed by atoms with van der Waals surface area (Å²) in [5.41, 5.74) is 6.73. The standard InChI is InChI=1S/C12H15F3N2O2/c1-7-5-8(6-9(10(7)16)11(18)19)17-4-2-3-12(13,14)15/h5-6,17H,2-4,16H2,1H3,(H,18,19). The second-order valence-electron chi connectivity index (χ2n) is 4.21. The van der Waals surface area contributed by atoms with Gasteiger partial charge in [0.1, 0.15) is 0 Å². The normalized spacial score (nSPS) is 11.4. The van der Waals surface area contributed by atoms with Crippen LogP contribution < -0.4 is 11.1 Å². The fraction of sp³-hybridized carbons (Fsp3) is 0.417. The third-order valence-electron chi connectivity index (χ3n) is 2.58. The quantitative estimate of drug-likeness (QED) is 0.570. The van der Waals surface area contributed by atoms with Gasteiger partial charge in [0, 0.05) is 24.3 Å². The molecule has 0 aliphatic carbocycles. The number of aryl methyl sites for hydroxylation is 1. The van der Waals surface area contributed by atoms with Gasteiger partial charge in [-0.15, -0.1) is 0 Å². The zero-order chi connectivity index (χ0) is 14.6. The number of rotatable bonds is 5. The Labute approximate surface area is 108 Å². The van der Waals surface area contributed by atoms with Crippen LogP contribution in [0, 0.1) is 6.92 Å². The minimum atomic E-state index is -4.18. The monoisotopic (exact) mass is 276 g/mol. The first kappa shape index (κ1) is 15.1. The second kappa shape index (κ2) is 5.81. The van der Waals surface area contributed by atoms with Crippen molar-refractivity contribution in [2.24, 2.45) is 0 Å². The largest absolute Gasteiger partial charge is 0.478 e. The third-order valence-corrected chi connectivity index (χ3v) is 2.58. The minimum absolute atomic E-state index is 0.0571. The summed E-state index contributed by atoms with van der Waals surface area (Å²) in [4.78, 5) is 10.9. The SMILES string of the molecule is Cc1cc(NCCCC(F)(F)F)cc(C(=O)O)c1N. The van der Waals surface area contributed by atoms with Gasteiger partial charge in [-0.2, -0.15) is 13.2 Å². The van der Waals surface area contributed by atoms with Gasteiger partial charge in [0.15, 0.2) is 0 Å². The first-order valence-electron chi connectivity index (χ1n) is 5.65. The first-order valence-corrected chi connectivity index (χ1v) is 5.65. The van der Waals surface area contributed by atoms with E-state index >= 15 is 0 Å². The van der Waals surface area contributed by atoms with Gasteiger partial charge in [0.05, 0.1) is 5.56 Å². The number of nitrogens with one attached hydrogen (secondary N) is 1. The lowest BCUT2D eigenvalue weighted by Crippen LogP contribution is -2.12. The number of benzene rings is 1. The maximum Gasteiger partial charge on any atom is 0.389 e. The molecule has 0 aromatic heterocycles. The molecule has 1 rings (SSSR count). The van der Waals surface area contributed by atoms with Crippen LogP contribution in [-0.4, -0.2) is 23.8 Å². The molecular weight excluding hydrogens is 261 g/mol. The molecule has 0 saturated carbocycles. The molecule has 0 aliphatic rings. The third kappa shape index (κ3) is 4.69. The number of carboxylic acids is 1. The lowest BCUT2D eigenvalue weighted by molar-refractivity contribution is -0.134. The summed E-state index contributed by atoms with van der Waals surface area (Å²) in [5, 5.41) is 11.7. The average molecular weight is 276 g/mol. The predicted octanol–water partition coefficient (Wildman–Crippen LogP) is 3.03. The number of alkyl halides is 3. The Bertz CT molecular complexity index is 473. The summed E-state index contributed by atoms with van der Waals surface area (Å²) in [6, 6.07) is 2.92. The van der Waals surface area contributed by atoms with Crippen molar-refractivity contribution in [2.45, 2.75) is 25.9 Å². The lowest BCUT2D eigenvalue weighted by atomic mass is 10.1.